The quantitative estimate of drug-likeness (QED) is 0.362. The second kappa shape index (κ2) is 4.73. The molecule has 0 saturated heterocycles. The van der Waals surface area contributed by atoms with Gasteiger partial charge in [-0.1, -0.05) is 24.9 Å². The smallest absolute Gasteiger partial charge is 0.344 e. The summed E-state index contributed by atoms with van der Waals surface area (Å²) in [5.41, 5.74) is 0. The van der Waals surface area contributed by atoms with Crippen LogP contribution in [-0.2, 0) is 14.3 Å². The van der Waals surface area contributed by atoms with Crippen molar-refractivity contribution in [1.82, 2.24) is 0 Å². The summed E-state index contributed by atoms with van der Waals surface area (Å²) in [5.74, 6) is -0.544. The monoisotopic (exact) mass is 172 g/mol. The minimum Gasteiger partial charge on any atom is -0.465 e. The summed E-state index contributed by atoms with van der Waals surface area (Å²) in [6, 6.07) is 0. The summed E-state index contributed by atoms with van der Waals surface area (Å²) in [6.45, 7) is 6.74. The number of aldehydes is 1. The molecule has 0 atom stereocenters. The highest BCUT2D eigenvalue weighted by atomic mass is 32.2. The fraction of sp³-hybridized carbons (Fsp3) is 0.143. The molecule has 0 amide bonds. The lowest BCUT2D eigenvalue weighted by Crippen LogP contribution is -2.00. The Morgan fingerprint density at radius 2 is 2.09 bits per heavy atom. The Bertz CT molecular complexity index is 208. The second-order valence-corrected chi connectivity index (χ2v) is 2.82. The molecule has 0 radical (unpaired) electrons. The maximum Gasteiger partial charge on any atom is 0.344 e. The Balaban J connectivity index is 3.97. The number of carbonyl (C=O) groups is 2. The molecule has 0 N–H and O–H groups in total. The lowest BCUT2D eigenvalue weighted by atomic mass is 10.6. The van der Waals surface area contributed by atoms with Crippen LogP contribution in [0.2, 0.25) is 0 Å². The van der Waals surface area contributed by atoms with E-state index in [4.69, 9.17) is 0 Å². The van der Waals surface area contributed by atoms with E-state index in [2.05, 4.69) is 17.9 Å². The minimum absolute atomic E-state index is 0.157. The van der Waals surface area contributed by atoms with E-state index in [1.54, 1.807) is 0 Å². The van der Waals surface area contributed by atoms with Crippen molar-refractivity contribution in [1.29, 1.82) is 0 Å². The molecule has 0 aliphatic heterocycles. The number of carbonyl (C=O) groups excluding carboxylic acids is 2. The van der Waals surface area contributed by atoms with E-state index in [9.17, 15) is 9.59 Å². The van der Waals surface area contributed by atoms with Crippen LogP contribution in [0.5, 0.6) is 0 Å². The van der Waals surface area contributed by atoms with Crippen molar-refractivity contribution < 1.29 is 14.3 Å². The Kier molecular flexibility index (Phi) is 4.29. The first-order valence-corrected chi connectivity index (χ1v) is 3.52. The van der Waals surface area contributed by atoms with Crippen LogP contribution in [0.15, 0.2) is 23.0 Å². The fourth-order valence-corrected chi connectivity index (χ4v) is 0.869. The highest BCUT2D eigenvalue weighted by Crippen LogP contribution is 2.21. The van der Waals surface area contributed by atoms with Crippen molar-refractivity contribution in [3.8, 4) is 0 Å². The summed E-state index contributed by atoms with van der Waals surface area (Å²) in [4.78, 5) is 21.1. The number of ether oxygens (including phenoxy) is 1. The van der Waals surface area contributed by atoms with Crippen LogP contribution in [0.4, 0.5) is 0 Å². The largest absolute Gasteiger partial charge is 0.465 e. The van der Waals surface area contributed by atoms with Crippen molar-refractivity contribution in [3.63, 3.8) is 0 Å². The van der Waals surface area contributed by atoms with Gasteiger partial charge < -0.3 is 4.74 Å². The summed E-state index contributed by atoms with van der Waals surface area (Å²) in [7, 11) is 1.25. The molecule has 0 aliphatic carbocycles. The van der Waals surface area contributed by atoms with Crippen molar-refractivity contribution in [2.75, 3.05) is 7.11 Å². The number of hydrogen-bond donors (Lipinski definition) is 0. The Morgan fingerprint density at radius 3 is 2.45 bits per heavy atom. The van der Waals surface area contributed by atoms with Gasteiger partial charge in [0, 0.05) is 4.91 Å². The van der Waals surface area contributed by atoms with Crippen molar-refractivity contribution >= 4 is 24.0 Å². The third-order valence-electron chi connectivity index (χ3n) is 0.799. The van der Waals surface area contributed by atoms with Crippen LogP contribution in [0.3, 0.4) is 0 Å². The van der Waals surface area contributed by atoms with E-state index < -0.39 is 5.97 Å². The topological polar surface area (TPSA) is 43.4 Å². The van der Waals surface area contributed by atoms with Gasteiger partial charge in [0.1, 0.15) is 0 Å². The van der Waals surface area contributed by atoms with Gasteiger partial charge in [0.25, 0.3) is 0 Å². The average Bonchev–Trinajstić information content (AvgIpc) is 2.02. The van der Waals surface area contributed by atoms with E-state index in [1.807, 2.05) is 0 Å². The van der Waals surface area contributed by atoms with Crippen LogP contribution in [-0.4, -0.2) is 19.4 Å². The lowest BCUT2D eigenvalue weighted by molar-refractivity contribution is -0.135. The highest BCUT2D eigenvalue weighted by molar-refractivity contribution is 8.08. The zero-order valence-electron chi connectivity index (χ0n) is 6.12. The number of methoxy groups -OCH3 is 1. The maximum absolute atomic E-state index is 10.7. The summed E-state index contributed by atoms with van der Waals surface area (Å²) in [6.07, 6.45) is 0.554. The van der Waals surface area contributed by atoms with Crippen molar-refractivity contribution in [2.24, 2.45) is 0 Å². The molecule has 11 heavy (non-hydrogen) atoms. The molecule has 0 unspecified atom stereocenters. The first-order chi connectivity index (χ1) is 5.11. The molecule has 4 heteroatoms. The zero-order chi connectivity index (χ0) is 8.85. The van der Waals surface area contributed by atoms with Crippen LogP contribution in [0, 0.1) is 0 Å². The number of esters is 1. The number of rotatable bonds is 4. The normalized spacial score (nSPS) is 8.45. The van der Waals surface area contributed by atoms with Gasteiger partial charge in [-0.15, -0.1) is 0 Å². The third kappa shape index (κ3) is 3.62. The third-order valence-corrected chi connectivity index (χ3v) is 1.57. The fourth-order valence-electron chi connectivity index (χ4n) is 0.338. The van der Waals surface area contributed by atoms with Crippen molar-refractivity contribution in [2.45, 2.75) is 0 Å². The molecule has 0 bridgehead atoms. The molecule has 3 nitrogen and oxygen atoms in total. The molecule has 0 aliphatic rings. The summed E-state index contributed by atoms with van der Waals surface area (Å²) in [5, 5.41) is 0. The van der Waals surface area contributed by atoms with E-state index in [1.165, 1.54) is 7.11 Å². The number of allylic oxidation sites excluding steroid dienone is 1. The number of thioether (sulfide) groups is 1. The molecule has 0 saturated carbocycles. The first-order valence-electron chi connectivity index (χ1n) is 2.71. The predicted molar refractivity (Wildman–Crippen MR) is 44.0 cm³/mol. The van der Waals surface area contributed by atoms with E-state index >= 15 is 0 Å². The maximum atomic E-state index is 10.7. The zero-order valence-corrected chi connectivity index (χ0v) is 6.94. The first kappa shape index (κ1) is 9.97. The van der Waals surface area contributed by atoms with Gasteiger partial charge in [-0.3, -0.25) is 4.79 Å². The van der Waals surface area contributed by atoms with Crippen LogP contribution < -0.4 is 0 Å². The Hall–Kier alpha value is -1.03. The van der Waals surface area contributed by atoms with Gasteiger partial charge in [-0.2, -0.15) is 0 Å². The molecular weight excluding hydrogens is 164 g/mol. The molecule has 0 aromatic heterocycles. The Labute approximate surface area is 69.1 Å². The molecule has 0 aromatic rings. The molecule has 0 spiro atoms. The van der Waals surface area contributed by atoms with E-state index in [0.717, 1.165) is 11.8 Å². The van der Waals surface area contributed by atoms with Gasteiger partial charge in [0.05, 0.1) is 12.0 Å². The van der Waals surface area contributed by atoms with Crippen LogP contribution in [0.25, 0.3) is 0 Å². The molecule has 0 heterocycles. The Morgan fingerprint density at radius 1 is 1.55 bits per heavy atom. The molecule has 0 rings (SSSR count). The molecule has 0 aromatic carbocycles. The van der Waals surface area contributed by atoms with Gasteiger partial charge >= 0.3 is 5.97 Å². The average molecular weight is 172 g/mol. The molecular formula is C7H8O3S. The number of hydrogen-bond acceptors (Lipinski definition) is 4. The van der Waals surface area contributed by atoms with Crippen LogP contribution >= 0.6 is 11.8 Å². The summed E-state index contributed by atoms with van der Waals surface area (Å²) >= 11 is 0.901. The second-order valence-electron chi connectivity index (χ2n) is 1.60. The standard InChI is InChI=1S/C7H8O3S/c1-5(4-8)11-6(2)7(9)10-3/h4H,1-2H2,3H3. The minimum atomic E-state index is -0.544. The van der Waals surface area contributed by atoms with Gasteiger partial charge in [0.15, 0.2) is 6.29 Å². The van der Waals surface area contributed by atoms with E-state index in [-0.39, 0.29) is 9.81 Å². The predicted octanol–water partition coefficient (Wildman–Crippen LogP) is 1.12. The van der Waals surface area contributed by atoms with E-state index in [0.29, 0.717) is 6.29 Å². The van der Waals surface area contributed by atoms with Gasteiger partial charge in [-0.25, -0.2) is 4.79 Å². The van der Waals surface area contributed by atoms with Crippen LogP contribution in [0.1, 0.15) is 0 Å². The summed E-state index contributed by atoms with van der Waals surface area (Å²) < 4.78 is 4.34. The SMILES string of the molecule is C=C(C=O)SC(=C)C(=O)OC. The molecule has 60 valence electrons. The highest BCUT2D eigenvalue weighted by Gasteiger charge is 2.07. The van der Waals surface area contributed by atoms with Gasteiger partial charge in [-0.05, 0) is 0 Å². The van der Waals surface area contributed by atoms with Crippen molar-refractivity contribution in [3.05, 3.63) is 23.0 Å². The lowest BCUT2D eigenvalue weighted by Gasteiger charge is -1.99. The van der Waals surface area contributed by atoms with Gasteiger partial charge in [0.2, 0.25) is 0 Å². The molecule has 0 fully saturated rings.